The summed E-state index contributed by atoms with van der Waals surface area (Å²) >= 11 is 0. The van der Waals surface area contributed by atoms with Gasteiger partial charge in [-0.25, -0.2) is 0 Å². The molecule has 0 saturated heterocycles. The van der Waals surface area contributed by atoms with E-state index in [0.717, 1.165) is 11.8 Å². The Morgan fingerprint density at radius 2 is 0.935 bits per heavy atom. The first-order valence-corrected chi connectivity index (χ1v) is 13.8. The summed E-state index contributed by atoms with van der Waals surface area (Å²) in [5.74, 6) is 1.75. The molecule has 0 heterocycles. The Morgan fingerprint density at radius 1 is 0.516 bits per heavy atom. The van der Waals surface area contributed by atoms with Crippen LogP contribution >= 0.6 is 0 Å². The molecule has 0 N–H and O–H groups in total. The summed E-state index contributed by atoms with van der Waals surface area (Å²) in [6, 6.07) is 11.1. The van der Waals surface area contributed by atoms with Crippen molar-refractivity contribution in [3.63, 3.8) is 0 Å². The summed E-state index contributed by atoms with van der Waals surface area (Å²) in [7, 11) is 0. The van der Waals surface area contributed by atoms with Crippen molar-refractivity contribution < 1.29 is 0 Å². The quantitative estimate of drug-likeness (QED) is 0.176. The first-order chi connectivity index (χ1) is 15.1. The topological polar surface area (TPSA) is 3.24 Å². The lowest BCUT2D eigenvalue weighted by Gasteiger charge is -2.22. The van der Waals surface area contributed by atoms with Gasteiger partial charge in [-0.2, -0.15) is 0 Å². The van der Waals surface area contributed by atoms with E-state index < -0.39 is 0 Å². The van der Waals surface area contributed by atoms with Gasteiger partial charge in [-0.05, 0) is 49.8 Å². The van der Waals surface area contributed by atoms with Gasteiger partial charge in [0.2, 0.25) is 0 Å². The van der Waals surface area contributed by atoms with Gasteiger partial charge in [0.1, 0.15) is 0 Å². The van der Waals surface area contributed by atoms with E-state index in [4.69, 9.17) is 0 Å². The Labute approximate surface area is 196 Å². The largest absolute Gasteiger partial charge is 0.303 e. The highest BCUT2D eigenvalue weighted by Gasteiger charge is 2.06. The van der Waals surface area contributed by atoms with Gasteiger partial charge in [-0.15, -0.1) is 0 Å². The SMILES string of the molecule is CC(C)CCCCCCCCN(CCCCCCCCC(C)C)CCc1ccccc1. The Morgan fingerprint density at radius 3 is 1.39 bits per heavy atom. The molecule has 0 bridgehead atoms. The molecule has 1 heteroatoms. The van der Waals surface area contributed by atoms with E-state index in [-0.39, 0.29) is 0 Å². The van der Waals surface area contributed by atoms with Gasteiger partial charge in [-0.3, -0.25) is 0 Å². The molecular weight excluding hydrogens is 374 g/mol. The highest BCUT2D eigenvalue weighted by Crippen LogP contribution is 2.14. The fourth-order valence-electron chi connectivity index (χ4n) is 4.46. The zero-order chi connectivity index (χ0) is 22.6. The minimum absolute atomic E-state index is 0.873. The third kappa shape index (κ3) is 18.5. The molecule has 180 valence electrons. The molecule has 0 aliphatic rings. The summed E-state index contributed by atoms with van der Waals surface area (Å²) in [6.07, 6.45) is 21.1. The van der Waals surface area contributed by atoms with Gasteiger partial charge in [0.05, 0.1) is 0 Å². The molecule has 0 amide bonds. The van der Waals surface area contributed by atoms with E-state index in [2.05, 4.69) is 62.9 Å². The molecule has 1 aromatic rings. The average Bonchev–Trinajstić information content (AvgIpc) is 2.75. The zero-order valence-corrected chi connectivity index (χ0v) is 21.7. The van der Waals surface area contributed by atoms with Crippen molar-refractivity contribution >= 4 is 0 Å². The predicted molar refractivity (Wildman–Crippen MR) is 141 cm³/mol. The minimum atomic E-state index is 0.873. The normalized spacial score (nSPS) is 11.8. The standard InChI is InChI=1S/C30H55N/c1-28(2)20-14-9-5-7-11-18-25-31(27-24-30-22-16-13-17-23-30)26-19-12-8-6-10-15-21-29(3)4/h13,16-17,22-23,28-29H,5-12,14-15,18-21,24-27H2,1-4H3. The average molecular weight is 430 g/mol. The molecule has 0 aliphatic heterocycles. The molecule has 0 atom stereocenters. The maximum absolute atomic E-state index is 2.75. The van der Waals surface area contributed by atoms with E-state index in [0.29, 0.717) is 0 Å². The molecule has 0 saturated carbocycles. The van der Waals surface area contributed by atoms with E-state index >= 15 is 0 Å². The number of hydrogen-bond acceptors (Lipinski definition) is 1. The van der Waals surface area contributed by atoms with Gasteiger partial charge in [0, 0.05) is 6.54 Å². The molecule has 0 spiro atoms. The first-order valence-electron chi connectivity index (χ1n) is 13.8. The van der Waals surface area contributed by atoms with Crippen molar-refractivity contribution in [3.05, 3.63) is 35.9 Å². The van der Waals surface area contributed by atoms with Crippen LogP contribution in [0.15, 0.2) is 30.3 Å². The zero-order valence-electron chi connectivity index (χ0n) is 21.7. The minimum Gasteiger partial charge on any atom is -0.303 e. The van der Waals surface area contributed by atoms with Crippen molar-refractivity contribution in [1.29, 1.82) is 0 Å². The fourth-order valence-corrected chi connectivity index (χ4v) is 4.46. The maximum atomic E-state index is 2.75. The van der Waals surface area contributed by atoms with Gasteiger partial charge in [0.25, 0.3) is 0 Å². The van der Waals surface area contributed by atoms with Crippen molar-refractivity contribution in [3.8, 4) is 0 Å². The van der Waals surface area contributed by atoms with Crippen LogP contribution in [0, 0.1) is 11.8 Å². The third-order valence-corrected chi connectivity index (χ3v) is 6.57. The molecule has 1 aromatic carbocycles. The van der Waals surface area contributed by atoms with Crippen molar-refractivity contribution in [2.75, 3.05) is 19.6 Å². The summed E-state index contributed by atoms with van der Waals surface area (Å²) in [6.45, 7) is 13.2. The smallest absolute Gasteiger partial charge is 0.00218 e. The molecule has 0 aromatic heterocycles. The maximum Gasteiger partial charge on any atom is 0.00218 e. The monoisotopic (exact) mass is 429 g/mol. The third-order valence-electron chi connectivity index (χ3n) is 6.57. The van der Waals surface area contributed by atoms with Crippen LogP contribution in [0.4, 0.5) is 0 Å². The van der Waals surface area contributed by atoms with Crippen LogP contribution in [0.2, 0.25) is 0 Å². The van der Waals surface area contributed by atoms with Crippen LogP contribution < -0.4 is 0 Å². The molecule has 1 rings (SSSR count). The van der Waals surface area contributed by atoms with Gasteiger partial charge in [0.15, 0.2) is 0 Å². The van der Waals surface area contributed by atoms with Crippen molar-refractivity contribution in [2.24, 2.45) is 11.8 Å². The number of unbranched alkanes of at least 4 members (excludes halogenated alkanes) is 10. The van der Waals surface area contributed by atoms with Gasteiger partial charge in [-0.1, -0.05) is 135 Å². The second kappa shape index (κ2) is 19.8. The lowest BCUT2D eigenvalue weighted by atomic mass is 10.0. The van der Waals surface area contributed by atoms with Crippen LogP contribution in [0.1, 0.15) is 123 Å². The van der Waals surface area contributed by atoms with E-state index in [9.17, 15) is 0 Å². The Kier molecular flexibility index (Phi) is 18.1. The van der Waals surface area contributed by atoms with E-state index in [1.807, 2.05) is 0 Å². The Bertz CT molecular complexity index is 454. The fraction of sp³-hybridized carbons (Fsp3) is 0.800. The van der Waals surface area contributed by atoms with E-state index in [1.54, 1.807) is 0 Å². The number of hydrogen-bond donors (Lipinski definition) is 0. The van der Waals surface area contributed by atoms with Crippen LogP contribution in [-0.2, 0) is 6.42 Å². The second-order valence-corrected chi connectivity index (χ2v) is 10.7. The number of nitrogens with zero attached hydrogens (tertiary/aromatic N) is 1. The van der Waals surface area contributed by atoms with E-state index in [1.165, 1.54) is 122 Å². The van der Waals surface area contributed by atoms with Crippen molar-refractivity contribution in [2.45, 2.75) is 124 Å². The molecule has 0 fully saturated rings. The Balaban J connectivity index is 2.17. The summed E-state index contributed by atoms with van der Waals surface area (Å²) < 4.78 is 0. The molecule has 1 nitrogen and oxygen atoms in total. The van der Waals surface area contributed by atoms with Crippen LogP contribution in [0.3, 0.4) is 0 Å². The number of rotatable bonds is 21. The molecular formula is C30H55N. The predicted octanol–water partition coefficient (Wildman–Crippen LogP) is 9.30. The summed E-state index contributed by atoms with van der Waals surface area (Å²) in [5, 5.41) is 0. The highest BCUT2D eigenvalue weighted by atomic mass is 15.1. The van der Waals surface area contributed by atoms with Crippen molar-refractivity contribution in [1.82, 2.24) is 4.90 Å². The Hall–Kier alpha value is -0.820. The second-order valence-electron chi connectivity index (χ2n) is 10.7. The molecule has 0 radical (unpaired) electrons. The number of benzene rings is 1. The van der Waals surface area contributed by atoms with Gasteiger partial charge < -0.3 is 4.90 Å². The first kappa shape index (κ1) is 28.2. The van der Waals surface area contributed by atoms with Crippen LogP contribution in [-0.4, -0.2) is 24.5 Å². The molecule has 31 heavy (non-hydrogen) atoms. The molecule has 0 aliphatic carbocycles. The summed E-state index contributed by atoms with van der Waals surface area (Å²) in [4.78, 5) is 2.75. The molecule has 0 unspecified atom stereocenters. The highest BCUT2D eigenvalue weighted by molar-refractivity contribution is 5.14. The van der Waals surface area contributed by atoms with Crippen LogP contribution in [0.5, 0.6) is 0 Å². The lowest BCUT2D eigenvalue weighted by Crippen LogP contribution is -2.28. The summed E-state index contributed by atoms with van der Waals surface area (Å²) in [5.41, 5.74) is 1.49. The van der Waals surface area contributed by atoms with Gasteiger partial charge >= 0.3 is 0 Å². The lowest BCUT2D eigenvalue weighted by molar-refractivity contribution is 0.263. The van der Waals surface area contributed by atoms with Crippen LogP contribution in [0.25, 0.3) is 0 Å².